The lowest BCUT2D eigenvalue weighted by molar-refractivity contribution is 0.0603. The van der Waals surface area contributed by atoms with Crippen molar-refractivity contribution >= 4 is 27.5 Å². The van der Waals surface area contributed by atoms with Crippen LogP contribution in [0.4, 0.5) is 0 Å². The maximum atomic E-state index is 11.7. The Morgan fingerprint density at radius 1 is 1.47 bits per heavy atom. The van der Waals surface area contributed by atoms with E-state index < -0.39 is 5.97 Å². The summed E-state index contributed by atoms with van der Waals surface area (Å²) < 4.78 is 5.70. The van der Waals surface area contributed by atoms with Gasteiger partial charge in [-0.15, -0.1) is 11.3 Å². The zero-order valence-electron chi connectivity index (χ0n) is 11.3. The number of pyridine rings is 1. The zero-order valence-corrected chi connectivity index (χ0v) is 12.1. The highest BCUT2D eigenvalue weighted by atomic mass is 32.1. The van der Waals surface area contributed by atoms with E-state index in [4.69, 9.17) is 4.74 Å². The number of ether oxygens (including phenoxy) is 1. The molecule has 0 fully saturated rings. The zero-order chi connectivity index (χ0) is 14.0. The van der Waals surface area contributed by atoms with E-state index in [-0.39, 0.29) is 5.56 Å². The van der Waals surface area contributed by atoms with Crippen LogP contribution in [0.15, 0.2) is 16.2 Å². The number of nitrogens with one attached hydrogen (secondary N) is 1. The van der Waals surface area contributed by atoms with Crippen LogP contribution in [0.3, 0.4) is 0 Å². The molecule has 0 saturated heterocycles. The van der Waals surface area contributed by atoms with Crippen LogP contribution >= 0.6 is 11.3 Å². The number of rotatable bonds is 4. The fourth-order valence-corrected chi connectivity index (χ4v) is 3.03. The van der Waals surface area contributed by atoms with E-state index in [2.05, 4.69) is 18.8 Å². The van der Waals surface area contributed by atoms with Crippen molar-refractivity contribution in [1.82, 2.24) is 4.98 Å². The molecular formula is C14H17NO3S. The summed E-state index contributed by atoms with van der Waals surface area (Å²) in [5.41, 5.74) is 1.87. The summed E-state index contributed by atoms with van der Waals surface area (Å²) in [6.45, 7) is 4.30. The lowest BCUT2D eigenvalue weighted by Gasteiger charge is -2.06. The first-order valence-electron chi connectivity index (χ1n) is 6.24. The van der Waals surface area contributed by atoms with E-state index in [1.807, 2.05) is 0 Å². The first-order chi connectivity index (χ1) is 9.02. The number of carbonyl (C=O) groups is 1. The number of esters is 1. The van der Waals surface area contributed by atoms with Crippen molar-refractivity contribution in [3.63, 3.8) is 0 Å². The van der Waals surface area contributed by atoms with Crippen LogP contribution in [-0.2, 0) is 11.2 Å². The molecule has 0 aromatic carbocycles. The molecule has 2 heterocycles. The molecule has 0 amide bonds. The van der Waals surface area contributed by atoms with Crippen molar-refractivity contribution in [2.45, 2.75) is 26.7 Å². The third kappa shape index (κ3) is 2.87. The quantitative estimate of drug-likeness (QED) is 0.875. The van der Waals surface area contributed by atoms with Gasteiger partial charge in [0.15, 0.2) is 0 Å². The highest BCUT2D eigenvalue weighted by molar-refractivity contribution is 7.17. The van der Waals surface area contributed by atoms with Gasteiger partial charge < -0.3 is 9.72 Å². The van der Waals surface area contributed by atoms with Crippen LogP contribution in [-0.4, -0.2) is 18.1 Å². The van der Waals surface area contributed by atoms with Crippen LogP contribution in [0.25, 0.3) is 10.2 Å². The van der Waals surface area contributed by atoms with Gasteiger partial charge in [-0.1, -0.05) is 13.8 Å². The van der Waals surface area contributed by atoms with Gasteiger partial charge in [0.2, 0.25) is 5.56 Å². The predicted octanol–water partition coefficient (Wildman–Crippen LogP) is 2.96. The Labute approximate surface area is 115 Å². The maximum Gasteiger partial charge on any atom is 0.340 e. The second-order valence-corrected chi connectivity index (χ2v) is 5.82. The largest absolute Gasteiger partial charge is 0.465 e. The van der Waals surface area contributed by atoms with E-state index in [1.54, 1.807) is 11.4 Å². The first kappa shape index (κ1) is 13.8. The molecule has 0 aliphatic heterocycles. The van der Waals surface area contributed by atoms with Gasteiger partial charge in [0, 0.05) is 11.4 Å². The monoisotopic (exact) mass is 279 g/mol. The van der Waals surface area contributed by atoms with Gasteiger partial charge >= 0.3 is 5.97 Å². The molecule has 19 heavy (non-hydrogen) atoms. The molecule has 0 saturated carbocycles. The molecule has 0 aliphatic carbocycles. The van der Waals surface area contributed by atoms with Crippen LogP contribution in [0.1, 0.15) is 36.2 Å². The van der Waals surface area contributed by atoms with Gasteiger partial charge in [-0.05, 0) is 24.3 Å². The number of hydrogen-bond acceptors (Lipinski definition) is 4. The van der Waals surface area contributed by atoms with Gasteiger partial charge in [0.25, 0.3) is 0 Å². The molecule has 2 aromatic rings. The molecule has 0 radical (unpaired) electrons. The summed E-state index contributed by atoms with van der Waals surface area (Å²) >= 11 is 1.47. The Kier molecular flexibility index (Phi) is 4.04. The predicted molar refractivity (Wildman–Crippen MR) is 76.9 cm³/mol. The number of aryl methyl sites for hydroxylation is 1. The topological polar surface area (TPSA) is 59.2 Å². The van der Waals surface area contributed by atoms with Crippen molar-refractivity contribution in [3.05, 3.63) is 32.9 Å². The fraction of sp³-hybridized carbons (Fsp3) is 0.429. The van der Waals surface area contributed by atoms with Crippen molar-refractivity contribution in [1.29, 1.82) is 0 Å². The molecular weight excluding hydrogens is 262 g/mol. The van der Waals surface area contributed by atoms with Gasteiger partial charge in [0.1, 0.15) is 0 Å². The summed E-state index contributed by atoms with van der Waals surface area (Å²) in [5.74, 6) is 0.164. The molecule has 0 aliphatic rings. The number of carbonyl (C=O) groups excluding carboxylic acids is 1. The highest BCUT2D eigenvalue weighted by Gasteiger charge is 2.16. The SMILES string of the molecule is COC(=O)c1csc2c(CCC(C)C)cc(=O)[nH]c12. The Morgan fingerprint density at radius 2 is 2.21 bits per heavy atom. The normalized spacial score (nSPS) is 11.2. The number of thiophene rings is 1. The molecule has 0 bridgehead atoms. The van der Waals surface area contributed by atoms with E-state index in [0.29, 0.717) is 17.0 Å². The van der Waals surface area contributed by atoms with Crippen LogP contribution in [0, 0.1) is 5.92 Å². The van der Waals surface area contributed by atoms with E-state index in [9.17, 15) is 9.59 Å². The average molecular weight is 279 g/mol. The molecule has 102 valence electrons. The van der Waals surface area contributed by atoms with Crippen LogP contribution in [0.5, 0.6) is 0 Å². The number of fused-ring (bicyclic) bond motifs is 1. The molecule has 2 aromatic heterocycles. The number of H-pyrrole nitrogens is 1. The number of methoxy groups -OCH3 is 1. The highest BCUT2D eigenvalue weighted by Crippen LogP contribution is 2.28. The summed E-state index contributed by atoms with van der Waals surface area (Å²) in [7, 11) is 1.34. The second kappa shape index (κ2) is 5.57. The Hall–Kier alpha value is -1.62. The van der Waals surface area contributed by atoms with Crippen LogP contribution in [0.2, 0.25) is 0 Å². The minimum atomic E-state index is -0.414. The van der Waals surface area contributed by atoms with Gasteiger partial charge in [0.05, 0.1) is 22.9 Å². The summed E-state index contributed by atoms with van der Waals surface area (Å²) in [6, 6.07) is 1.63. The van der Waals surface area contributed by atoms with E-state index in [1.165, 1.54) is 18.4 Å². The van der Waals surface area contributed by atoms with Gasteiger partial charge in [-0.2, -0.15) is 0 Å². The number of aromatic amines is 1. The number of aromatic nitrogens is 1. The Balaban J connectivity index is 2.51. The molecule has 1 N–H and O–H groups in total. The lowest BCUT2D eigenvalue weighted by atomic mass is 10.0. The van der Waals surface area contributed by atoms with E-state index >= 15 is 0 Å². The summed E-state index contributed by atoms with van der Waals surface area (Å²) in [4.78, 5) is 26.1. The average Bonchev–Trinajstić information content (AvgIpc) is 2.78. The fourth-order valence-electron chi connectivity index (χ4n) is 1.99. The molecule has 0 unspecified atom stereocenters. The van der Waals surface area contributed by atoms with Gasteiger partial charge in [-0.25, -0.2) is 4.79 Å². The smallest absolute Gasteiger partial charge is 0.340 e. The summed E-state index contributed by atoms with van der Waals surface area (Å²) in [5, 5.41) is 1.74. The molecule has 2 rings (SSSR count). The van der Waals surface area contributed by atoms with Crippen molar-refractivity contribution in [3.8, 4) is 0 Å². The van der Waals surface area contributed by atoms with E-state index in [0.717, 1.165) is 23.1 Å². The first-order valence-corrected chi connectivity index (χ1v) is 7.12. The van der Waals surface area contributed by atoms with Crippen molar-refractivity contribution < 1.29 is 9.53 Å². The van der Waals surface area contributed by atoms with Gasteiger partial charge in [-0.3, -0.25) is 4.79 Å². The molecule has 5 heteroatoms. The molecule has 0 atom stereocenters. The standard InChI is InChI=1S/C14H17NO3S/c1-8(2)4-5-9-6-11(16)15-12-10(14(17)18-3)7-19-13(9)12/h6-8H,4-5H2,1-3H3,(H,15,16). The minimum absolute atomic E-state index is 0.171. The summed E-state index contributed by atoms with van der Waals surface area (Å²) in [6.07, 6.45) is 1.86. The maximum absolute atomic E-state index is 11.7. The Bertz CT molecular complexity index is 654. The third-order valence-electron chi connectivity index (χ3n) is 3.03. The molecule has 4 nitrogen and oxygen atoms in total. The third-order valence-corrected chi connectivity index (χ3v) is 4.09. The van der Waals surface area contributed by atoms with Crippen molar-refractivity contribution in [2.24, 2.45) is 5.92 Å². The van der Waals surface area contributed by atoms with Crippen LogP contribution < -0.4 is 5.56 Å². The van der Waals surface area contributed by atoms with Crippen molar-refractivity contribution in [2.75, 3.05) is 7.11 Å². The number of hydrogen-bond donors (Lipinski definition) is 1. The Morgan fingerprint density at radius 3 is 2.84 bits per heavy atom. The minimum Gasteiger partial charge on any atom is -0.465 e. The molecule has 0 spiro atoms. The lowest BCUT2D eigenvalue weighted by Crippen LogP contribution is -2.09. The second-order valence-electron chi connectivity index (χ2n) is 4.94.